The highest BCUT2D eigenvalue weighted by Gasteiger charge is 2.18. The van der Waals surface area contributed by atoms with Gasteiger partial charge in [0.05, 0.1) is 16.1 Å². The summed E-state index contributed by atoms with van der Waals surface area (Å²) in [6.07, 6.45) is 0. The average Bonchev–Trinajstić information content (AvgIpc) is 2.38. The van der Waals surface area contributed by atoms with Gasteiger partial charge in [-0.2, -0.15) is 0 Å². The molecule has 0 aromatic heterocycles. The van der Waals surface area contributed by atoms with Crippen molar-refractivity contribution >= 4 is 21.7 Å². The monoisotopic (exact) mass is 305 g/mol. The number of carboxylic acids is 1. The molecule has 6 heteroatoms. The van der Waals surface area contributed by atoms with Gasteiger partial charge in [0.2, 0.25) is 0 Å². The molecule has 0 saturated heterocycles. The van der Waals surface area contributed by atoms with Crippen molar-refractivity contribution in [1.29, 1.82) is 0 Å². The Balaban J connectivity index is 2.43. The second kappa shape index (κ2) is 5.57. The molecule has 0 bridgehead atoms. The molecule has 21 heavy (non-hydrogen) atoms. The number of rotatable bonds is 4. The van der Waals surface area contributed by atoms with E-state index in [0.29, 0.717) is 0 Å². The summed E-state index contributed by atoms with van der Waals surface area (Å²) in [4.78, 5) is 11.3. The molecule has 0 aliphatic carbocycles. The van der Waals surface area contributed by atoms with Gasteiger partial charge >= 0.3 is 5.97 Å². The Morgan fingerprint density at radius 2 is 1.57 bits per heavy atom. The molecule has 0 atom stereocenters. The molecule has 0 amide bonds. The average molecular weight is 305 g/mol. The van der Waals surface area contributed by atoms with Gasteiger partial charge in [0, 0.05) is 0 Å². The molecular formula is C15H15NO4S. The number of carboxylic acid groups (broad SMARTS) is 1. The maximum Gasteiger partial charge on any atom is 0.337 e. The fourth-order valence-corrected chi connectivity index (χ4v) is 2.92. The first-order valence-corrected chi connectivity index (χ1v) is 7.71. The molecular weight excluding hydrogens is 290 g/mol. The number of benzene rings is 2. The van der Waals surface area contributed by atoms with Crippen molar-refractivity contribution in [3.8, 4) is 0 Å². The van der Waals surface area contributed by atoms with Gasteiger partial charge in [-0.25, -0.2) is 13.2 Å². The van der Waals surface area contributed by atoms with Crippen molar-refractivity contribution in [3.63, 3.8) is 0 Å². The third-order valence-electron chi connectivity index (χ3n) is 2.98. The van der Waals surface area contributed by atoms with Crippen molar-refractivity contribution in [2.24, 2.45) is 0 Å². The van der Waals surface area contributed by atoms with Crippen molar-refractivity contribution in [2.75, 3.05) is 4.72 Å². The van der Waals surface area contributed by atoms with Gasteiger partial charge in [-0.1, -0.05) is 23.8 Å². The zero-order valence-electron chi connectivity index (χ0n) is 11.6. The van der Waals surface area contributed by atoms with E-state index in [4.69, 9.17) is 5.11 Å². The van der Waals surface area contributed by atoms with Crippen LogP contribution in [0.25, 0.3) is 0 Å². The summed E-state index contributed by atoms with van der Waals surface area (Å²) < 4.78 is 26.9. The fourth-order valence-electron chi connectivity index (χ4n) is 1.85. The van der Waals surface area contributed by atoms with Gasteiger partial charge in [0.25, 0.3) is 10.0 Å². The molecule has 2 N–H and O–H groups in total. The van der Waals surface area contributed by atoms with Crippen LogP contribution in [0.5, 0.6) is 0 Å². The van der Waals surface area contributed by atoms with Crippen LogP contribution < -0.4 is 4.72 Å². The molecule has 2 rings (SSSR count). The van der Waals surface area contributed by atoms with Gasteiger partial charge in [0.1, 0.15) is 0 Å². The zero-order chi connectivity index (χ0) is 15.6. The van der Waals surface area contributed by atoms with E-state index in [2.05, 4.69) is 4.72 Å². The second-order valence-corrected chi connectivity index (χ2v) is 6.46. The minimum absolute atomic E-state index is 0.0584. The minimum Gasteiger partial charge on any atom is -0.478 e. The second-order valence-electron chi connectivity index (χ2n) is 4.77. The van der Waals surface area contributed by atoms with Gasteiger partial charge < -0.3 is 5.11 Å². The van der Waals surface area contributed by atoms with Crippen LogP contribution in [0.1, 0.15) is 21.5 Å². The number of hydrogen-bond acceptors (Lipinski definition) is 3. The Labute approximate surface area is 123 Å². The molecule has 2 aromatic rings. The van der Waals surface area contributed by atoms with Crippen molar-refractivity contribution in [2.45, 2.75) is 18.7 Å². The molecule has 0 heterocycles. The van der Waals surface area contributed by atoms with E-state index < -0.39 is 16.0 Å². The summed E-state index contributed by atoms with van der Waals surface area (Å²) in [5, 5.41) is 9.13. The van der Waals surface area contributed by atoms with Crippen LogP contribution in [0.3, 0.4) is 0 Å². The van der Waals surface area contributed by atoms with E-state index in [1.165, 1.54) is 24.3 Å². The van der Waals surface area contributed by atoms with Crippen LogP contribution in [0.2, 0.25) is 0 Å². The lowest BCUT2D eigenvalue weighted by Gasteiger charge is -2.11. The summed E-state index contributed by atoms with van der Waals surface area (Å²) in [6, 6.07) is 10.8. The van der Waals surface area contributed by atoms with Crippen LogP contribution in [0, 0.1) is 13.8 Å². The third kappa shape index (κ3) is 3.41. The van der Waals surface area contributed by atoms with Crippen LogP contribution in [-0.4, -0.2) is 19.5 Å². The number of anilines is 1. The minimum atomic E-state index is -3.82. The van der Waals surface area contributed by atoms with E-state index in [1.54, 1.807) is 25.1 Å². The first-order valence-electron chi connectivity index (χ1n) is 6.23. The molecule has 0 unspecified atom stereocenters. The molecule has 2 aromatic carbocycles. The Hall–Kier alpha value is -2.34. The van der Waals surface area contributed by atoms with Crippen LogP contribution >= 0.6 is 0 Å². The molecule has 0 aliphatic heterocycles. The lowest BCUT2D eigenvalue weighted by Crippen LogP contribution is -2.15. The summed E-state index contributed by atoms with van der Waals surface area (Å²) in [6.45, 7) is 3.61. The number of aromatic carboxylic acids is 1. The maximum absolute atomic E-state index is 12.3. The van der Waals surface area contributed by atoms with Gasteiger partial charge in [-0.05, 0) is 43.7 Å². The fraction of sp³-hybridized carbons (Fsp3) is 0.133. The van der Waals surface area contributed by atoms with Crippen molar-refractivity contribution in [1.82, 2.24) is 0 Å². The molecule has 0 aliphatic rings. The highest BCUT2D eigenvalue weighted by atomic mass is 32.2. The molecule has 0 saturated carbocycles. The van der Waals surface area contributed by atoms with Crippen molar-refractivity contribution < 1.29 is 18.3 Å². The molecule has 0 fully saturated rings. The summed E-state index contributed by atoms with van der Waals surface area (Å²) in [7, 11) is -3.82. The Morgan fingerprint density at radius 1 is 1.00 bits per heavy atom. The molecule has 110 valence electrons. The van der Waals surface area contributed by atoms with Gasteiger partial charge in [-0.3, -0.25) is 4.72 Å². The molecule has 5 nitrogen and oxygen atoms in total. The number of sulfonamides is 1. The SMILES string of the molecule is Cc1ccc(S(=O)(=O)Nc2cc(C)ccc2C(=O)O)cc1. The number of nitrogens with one attached hydrogen (secondary N) is 1. The summed E-state index contributed by atoms with van der Waals surface area (Å²) in [5.41, 5.74) is 1.68. The first-order chi connectivity index (χ1) is 9.79. The van der Waals surface area contributed by atoms with Gasteiger partial charge in [0.15, 0.2) is 0 Å². The number of aryl methyl sites for hydroxylation is 2. The zero-order valence-corrected chi connectivity index (χ0v) is 12.4. The maximum atomic E-state index is 12.3. The predicted molar refractivity (Wildman–Crippen MR) is 80.1 cm³/mol. The normalized spacial score (nSPS) is 11.1. The highest BCUT2D eigenvalue weighted by molar-refractivity contribution is 7.92. The largest absolute Gasteiger partial charge is 0.478 e. The van der Waals surface area contributed by atoms with Crippen LogP contribution in [0.15, 0.2) is 47.4 Å². The third-order valence-corrected chi connectivity index (χ3v) is 4.36. The Kier molecular flexibility index (Phi) is 3.99. The van der Waals surface area contributed by atoms with E-state index in [9.17, 15) is 13.2 Å². The lowest BCUT2D eigenvalue weighted by molar-refractivity contribution is 0.0698. The summed E-state index contributed by atoms with van der Waals surface area (Å²) >= 11 is 0. The number of carbonyl (C=O) groups is 1. The summed E-state index contributed by atoms with van der Waals surface area (Å²) in [5.74, 6) is -1.18. The molecule has 0 spiro atoms. The number of hydrogen-bond donors (Lipinski definition) is 2. The predicted octanol–water partition coefficient (Wildman–Crippen LogP) is 2.80. The highest BCUT2D eigenvalue weighted by Crippen LogP contribution is 2.22. The first kappa shape index (κ1) is 15.1. The van der Waals surface area contributed by atoms with E-state index in [1.807, 2.05) is 6.92 Å². The topological polar surface area (TPSA) is 83.5 Å². The van der Waals surface area contributed by atoms with Crippen LogP contribution in [-0.2, 0) is 10.0 Å². The quantitative estimate of drug-likeness (QED) is 0.909. The van der Waals surface area contributed by atoms with Gasteiger partial charge in [-0.15, -0.1) is 0 Å². The van der Waals surface area contributed by atoms with E-state index in [-0.39, 0.29) is 16.1 Å². The molecule has 0 radical (unpaired) electrons. The van der Waals surface area contributed by atoms with Crippen LogP contribution in [0.4, 0.5) is 5.69 Å². The Bertz CT molecular complexity index is 780. The standard InChI is InChI=1S/C15H15NO4S/c1-10-3-6-12(7-4-10)21(19,20)16-14-9-11(2)5-8-13(14)15(17)18/h3-9,16H,1-2H3,(H,17,18). The van der Waals surface area contributed by atoms with E-state index >= 15 is 0 Å². The lowest BCUT2D eigenvalue weighted by atomic mass is 10.1. The van der Waals surface area contributed by atoms with Crippen molar-refractivity contribution in [3.05, 3.63) is 59.2 Å². The van der Waals surface area contributed by atoms with E-state index in [0.717, 1.165) is 11.1 Å². The Morgan fingerprint density at radius 3 is 2.14 bits per heavy atom. The smallest absolute Gasteiger partial charge is 0.337 e.